The molecular formula is C14H13NO2. The van der Waals surface area contributed by atoms with Gasteiger partial charge in [0, 0.05) is 18.2 Å². The van der Waals surface area contributed by atoms with E-state index in [0.29, 0.717) is 5.56 Å². The molecule has 17 heavy (non-hydrogen) atoms. The molecular weight excluding hydrogens is 214 g/mol. The molecule has 1 aliphatic rings. The van der Waals surface area contributed by atoms with Gasteiger partial charge in [-0.2, -0.15) is 5.26 Å². The summed E-state index contributed by atoms with van der Waals surface area (Å²) in [7, 11) is 1.56. The SMILES string of the molecule is CO[C@]1([C@H](C)C#N)C=CC(=O)c2ccccc21. The van der Waals surface area contributed by atoms with E-state index in [4.69, 9.17) is 10.00 Å². The summed E-state index contributed by atoms with van der Waals surface area (Å²) in [6, 6.07) is 9.46. The third kappa shape index (κ3) is 1.58. The fourth-order valence-electron chi connectivity index (χ4n) is 2.25. The molecule has 0 heterocycles. The Kier molecular flexibility index (Phi) is 2.83. The number of ether oxygens (including phenoxy) is 1. The molecule has 0 saturated carbocycles. The van der Waals surface area contributed by atoms with Crippen LogP contribution in [0.5, 0.6) is 0 Å². The molecule has 1 aromatic carbocycles. The first-order chi connectivity index (χ1) is 8.15. The number of nitriles is 1. The molecule has 3 nitrogen and oxygen atoms in total. The first-order valence-corrected chi connectivity index (χ1v) is 5.43. The highest BCUT2D eigenvalue weighted by atomic mass is 16.5. The fraction of sp³-hybridized carbons (Fsp3) is 0.286. The number of carbonyl (C=O) groups excluding carboxylic acids is 1. The second-order valence-electron chi connectivity index (χ2n) is 4.09. The molecule has 3 heteroatoms. The lowest BCUT2D eigenvalue weighted by atomic mass is 9.76. The second-order valence-corrected chi connectivity index (χ2v) is 4.09. The fourth-order valence-corrected chi connectivity index (χ4v) is 2.25. The summed E-state index contributed by atoms with van der Waals surface area (Å²) in [5.41, 5.74) is 0.558. The minimum atomic E-state index is -0.820. The Morgan fingerprint density at radius 3 is 2.76 bits per heavy atom. The van der Waals surface area contributed by atoms with Crippen LogP contribution in [-0.2, 0) is 10.3 Å². The van der Waals surface area contributed by atoms with Crippen molar-refractivity contribution < 1.29 is 9.53 Å². The van der Waals surface area contributed by atoms with Crippen molar-refractivity contribution in [3.8, 4) is 6.07 Å². The molecule has 0 unspecified atom stereocenters. The summed E-state index contributed by atoms with van der Waals surface area (Å²) in [6.45, 7) is 1.79. The molecule has 0 aliphatic heterocycles. The maximum Gasteiger partial charge on any atom is 0.186 e. The van der Waals surface area contributed by atoms with Crippen LogP contribution in [0, 0.1) is 17.2 Å². The van der Waals surface area contributed by atoms with E-state index < -0.39 is 5.60 Å². The van der Waals surface area contributed by atoms with Gasteiger partial charge < -0.3 is 4.74 Å². The number of nitrogens with zero attached hydrogens (tertiary/aromatic N) is 1. The second kappa shape index (κ2) is 4.15. The molecule has 86 valence electrons. The zero-order valence-electron chi connectivity index (χ0n) is 9.81. The van der Waals surface area contributed by atoms with Crippen molar-refractivity contribution in [2.45, 2.75) is 12.5 Å². The number of allylic oxidation sites excluding steroid dienone is 1. The van der Waals surface area contributed by atoms with Crippen molar-refractivity contribution in [2.75, 3.05) is 7.11 Å². The van der Waals surface area contributed by atoms with Crippen molar-refractivity contribution in [1.82, 2.24) is 0 Å². The van der Waals surface area contributed by atoms with E-state index in [9.17, 15) is 4.79 Å². The highest BCUT2D eigenvalue weighted by Crippen LogP contribution is 2.39. The van der Waals surface area contributed by atoms with Crippen molar-refractivity contribution >= 4 is 5.78 Å². The van der Waals surface area contributed by atoms with Gasteiger partial charge in [0.1, 0.15) is 5.60 Å². The maximum atomic E-state index is 11.8. The van der Waals surface area contributed by atoms with Gasteiger partial charge in [0.05, 0.1) is 12.0 Å². The van der Waals surface area contributed by atoms with Gasteiger partial charge in [-0.1, -0.05) is 24.3 Å². The summed E-state index contributed by atoms with van der Waals surface area (Å²) in [6.07, 6.45) is 3.17. The molecule has 0 radical (unpaired) electrons. The molecule has 0 fully saturated rings. The molecule has 0 N–H and O–H groups in total. The molecule has 2 rings (SSSR count). The van der Waals surface area contributed by atoms with Gasteiger partial charge in [0.2, 0.25) is 0 Å². The van der Waals surface area contributed by atoms with Crippen LogP contribution in [0.1, 0.15) is 22.8 Å². The zero-order valence-corrected chi connectivity index (χ0v) is 9.81. The monoisotopic (exact) mass is 227 g/mol. The van der Waals surface area contributed by atoms with Crippen molar-refractivity contribution in [3.63, 3.8) is 0 Å². The van der Waals surface area contributed by atoms with E-state index in [1.54, 1.807) is 26.2 Å². The van der Waals surface area contributed by atoms with Crippen LogP contribution in [0.4, 0.5) is 0 Å². The van der Waals surface area contributed by atoms with Crippen LogP contribution < -0.4 is 0 Å². The first kappa shape index (κ1) is 11.6. The normalized spacial score (nSPS) is 23.9. The Balaban J connectivity index is 2.68. The minimum Gasteiger partial charge on any atom is -0.368 e. The lowest BCUT2D eigenvalue weighted by Crippen LogP contribution is -2.37. The van der Waals surface area contributed by atoms with Crippen LogP contribution in [0.2, 0.25) is 0 Å². The van der Waals surface area contributed by atoms with Gasteiger partial charge in [0.25, 0.3) is 0 Å². The zero-order chi connectivity index (χ0) is 12.5. The van der Waals surface area contributed by atoms with Crippen LogP contribution >= 0.6 is 0 Å². The quantitative estimate of drug-likeness (QED) is 0.779. The van der Waals surface area contributed by atoms with Gasteiger partial charge in [-0.25, -0.2) is 0 Å². The average molecular weight is 227 g/mol. The third-order valence-electron chi connectivity index (χ3n) is 3.27. The van der Waals surface area contributed by atoms with E-state index >= 15 is 0 Å². The lowest BCUT2D eigenvalue weighted by molar-refractivity contribution is -0.000650. The van der Waals surface area contributed by atoms with Gasteiger partial charge in [-0.05, 0) is 19.1 Å². The Hall–Kier alpha value is -1.92. The predicted molar refractivity (Wildman–Crippen MR) is 63.4 cm³/mol. The van der Waals surface area contributed by atoms with E-state index in [1.165, 1.54) is 6.08 Å². The van der Waals surface area contributed by atoms with E-state index in [1.807, 2.05) is 18.2 Å². The Morgan fingerprint density at radius 2 is 2.12 bits per heavy atom. The highest BCUT2D eigenvalue weighted by Gasteiger charge is 2.40. The molecule has 1 aromatic rings. The van der Waals surface area contributed by atoms with E-state index in [-0.39, 0.29) is 11.7 Å². The topological polar surface area (TPSA) is 50.1 Å². The summed E-state index contributed by atoms with van der Waals surface area (Å²) in [5, 5.41) is 9.13. The molecule has 0 aromatic heterocycles. The summed E-state index contributed by atoms with van der Waals surface area (Å²) < 4.78 is 5.54. The van der Waals surface area contributed by atoms with Crippen LogP contribution in [0.3, 0.4) is 0 Å². The van der Waals surface area contributed by atoms with Crippen LogP contribution in [0.15, 0.2) is 36.4 Å². The number of hydrogen-bond donors (Lipinski definition) is 0. The standard InChI is InChI=1S/C14H13NO2/c1-10(9-15)14(17-2)8-7-13(16)11-5-3-4-6-12(11)14/h3-8,10H,1-2H3/t10-,14+/m1/s1. The van der Waals surface area contributed by atoms with Gasteiger partial charge in [0.15, 0.2) is 5.78 Å². The summed E-state index contributed by atoms with van der Waals surface area (Å²) in [4.78, 5) is 11.8. The lowest BCUT2D eigenvalue weighted by Gasteiger charge is -2.35. The smallest absolute Gasteiger partial charge is 0.186 e. The van der Waals surface area contributed by atoms with Gasteiger partial charge >= 0.3 is 0 Å². The number of methoxy groups -OCH3 is 1. The molecule has 2 atom stereocenters. The Labute approximate surface area is 100 Å². The molecule has 1 aliphatic carbocycles. The van der Waals surface area contributed by atoms with Gasteiger partial charge in [-0.15, -0.1) is 0 Å². The van der Waals surface area contributed by atoms with E-state index in [0.717, 1.165) is 5.56 Å². The van der Waals surface area contributed by atoms with Crippen molar-refractivity contribution in [1.29, 1.82) is 5.26 Å². The number of hydrogen-bond acceptors (Lipinski definition) is 3. The van der Waals surface area contributed by atoms with Crippen molar-refractivity contribution in [2.24, 2.45) is 5.92 Å². The first-order valence-electron chi connectivity index (χ1n) is 5.43. The average Bonchev–Trinajstić information content (AvgIpc) is 2.39. The molecule has 0 spiro atoms. The van der Waals surface area contributed by atoms with Crippen molar-refractivity contribution in [3.05, 3.63) is 47.5 Å². The number of ketones is 1. The highest BCUT2D eigenvalue weighted by molar-refractivity contribution is 6.07. The summed E-state index contributed by atoms with van der Waals surface area (Å²) >= 11 is 0. The number of fused-ring (bicyclic) bond motifs is 1. The minimum absolute atomic E-state index is 0.0431. The molecule has 0 bridgehead atoms. The van der Waals surface area contributed by atoms with Crippen LogP contribution in [-0.4, -0.2) is 12.9 Å². The van der Waals surface area contributed by atoms with Crippen LogP contribution in [0.25, 0.3) is 0 Å². The molecule has 0 saturated heterocycles. The Morgan fingerprint density at radius 1 is 1.41 bits per heavy atom. The maximum absolute atomic E-state index is 11.8. The van der Waals surface area contributed by atoms with E-state index in [2.05, 4.69) is 6.07 Å². The number of benzene rings is 1. The predicted octanol–water partition coefficient (Wildman–Crippen LogP) is 2.44. The Bertz CT molecular complexity index is 527. The van der Waals surface area contributed by atoms with Gasteiger partial charge in [-0.3, -0.25) is 4.79 Å². The number of carbonyl (C=O) groups is 1. The molecule has 0 amide bonds. The third-order valence-corrected chi connectivity index (χ3v) is 3.27. The largest absolute Gasteiger partial charge is 0.368 e. The number of rotatable bonds is 2. The summed E-state index contributed by atoms with van der Waals surface area (Å²) in [5.74, 6) is -0.406.